The lowest BCUT2D eigenvalue weighted by atomic mass is 9.75. The number of piperidine rings is 1. The van der Waals surface area contributed by atoms with Gasteiger partial charge in [-0.15, -0.1) is 0 Å². The van der Waals surface area contributed by atoms with Crippen molar-refractivity contribution >= 4 is 18.7 Å². The van der Waals surface area contributed by atoms with Gasteiger partial charge in [0.25, 0.3) is 6.47 Å². The van der Waals surface area contributed by atoms with E-state index in [-0.39, 0.29) is 29.8 Å². The first kappa shape index (κ1) is 33.8. The van der Waals surface area contributed by atoms with Crippen molar-refractivity contribution in [3.05, 3.63) is 71.8 Å². The van der Waals surface area contributed by atoms with E-state index in [1.165, 1.54) is 17.5 Å². The molecule has 0 radical (unpaired) electrons. The highest BCUT2D eigenvalue weighted by Gasteiger charge is 2.40. The summed E-state index contributed by atoms with van der Waals surface area (Å²) in [5.74, 6) is 1.07. The molecular weight excluding hydrogens is 518 g/mol. The standard InChI is InChI=1S/C20H31NO2.C13H16O2.CO2/c1-19(2,3)17-14-16(15-10-8-7-9-11-15)12-13-21(17)18(22)23-20(4,5)6;14-10-15-13-8-4-7-12(9-13)11-5-2-1-3-6-11;2-1-3/h7-11,16-17H,12-14H2,1-6H3;1-3,5-6,10,12-13H,4,7-9H2;/t16-,17+;12-,13+;/m00./s1. The number of amides is 1. The van der Waals surface area contributed by atoms with Gasteiger partial charge in [-0.2, -0.15) is 9.59 Å². The van der Waals surface area contributed by atoms with Gasteiger partial charge < -0.3 is 14.4 Å². The molecular formula is C34H47NO6. The number of rotatable bonds is 4. The maximum absolute atomic E-state index is 12.6. The van der Waals surface area contributed by atoms with E-state index in [0.29, 0.717) is 18.3 Å². The van der Waals surface area contributed by atoms with E-state index in [0.717, 1.165) is 38.6 Å². The number of carbonyl (C=O) groups is 2. The minimum atomic E-state index is -0.449. The second-order valence-corrected chi connectivity index (χ2v) is 12.9. The summed E-state index contributed by atoms with van der Waals surface area (Å²) in [5.41, 5.74) is 2.34. The van der Waals surface area contributed by atoms with Crippen LogP contribution in [0.3, 0.4) is 0 Å². The molecule has 1 aliphatic carbocycles. The summed E-state index contributed by atoms with van der Waals surface area (Å²) in [4.78, 5) is 41.1. The van der Waals surface area contributed by atoms with Crippen LogP contribution in [0.5, 0.6) is 0 Å². The molecule has 7 heteroatoms. The van der Waals surface area contributed by atoms with Crippen molar-refractivity contribution in [2.75, 3.05) is 6.54 Å². The molecule has 1 aliphatic heterocycles. The minimum Gasteiger partial charge on any atom is -0.465 e. The van der Waals surface area contributed by atoms with Crippen LogP contribution in [0.4, 0.5) is 4.79 Å². The van der Waals surface area contributed by atoms with Crippen molar-refractivity contribution in [1.29, 1.82) is 0 Å². The Morgan fingerprint density at radius 1 is 0.829 bits per heavy atom. The molecule has 0 unspecified atom stereocenters. The highest BCUT2D eigenvalue weighted by Crippen LogP contribution is 2.39. The van der Waals surface area contributed by atoms with E-state index in [1.807, 2.05) is 31.7 Å². The molecule has 2 aromatic rings. The van der Waals surface area contributed by atoms with E-state index in [4.69, 9.17) is 19.1 Å². The average molecular weight is 566 g/mol. The molecule has 7 nitrogen and oxygen atoms in total. The maximum Gasteiger partial charge on any atom is 0.410 e. The predicted octanol–water partition coefficient (Wildman–Crippen LogP) is 7.52. The molecule has 4 atom stereocenters. The molecule has 0 spiro atoms. The molecule has 0 aromatic heterocycles. The van der Waals surface area contributed by atoms with Crippen LogP contribution >= 0.6 is 0 Å². The second kappa shape index (κ2) is 16.1. The molecule has 224 valence electrons. The topological polar surface area (TPSA) is 90.0 Å². The number of likely N-dealkylation sites (tertiary alicyclic amines) is 1. The molecule has 2 fully saturated rings. The summed E-state index contributed by atoms with van der Waals surface area (Å²) < 4.78 is 10.7. The van der Waals surface area contributed by atoms with Crippen LogP contribution in [0.15, 0.2) is 60.7 Å². The lowest BCUT2D eigenvalue weighted by Crippen LogP contribution is -2.52. The lowest BCUT2D eigenvalue weighted by Gasteiger charge is -2.46. The molecule has 0 bridgehead atoms. The van der Waals surface area contributed by atoms with Crippen LogP contribution in [0, 0.1) is 5.41 Å². The lowest BCUT2D eigenvalue weighted by molar-refractivity contribution is -0.191. The van der Waals surface area contributed by atoms with Crippen molar-refractivity contribution in [3.8, 4) is 0 Å². The molecule has 1 heterocycles. The fraction of sp³-hybridized carbons (Fsp3) is 0.559. The third-order valence-electron chi connectivity index (χ3n) is 7.65. The Morgan fingerprint density at radius 3 is 1.80 bits per heavy atom. The predicted molar refractivity (Wildman–Crippen MR) is 158 cm³/mol. The molecule has 2 aliphatic rings. The Bertz CT molecular complexity index is 1080. The number of benzene rings is 2. The van der Waals surface area contributed by atoms with E-state index in [1.54, 1.807) is 0 Å². The van der Waals surface area contributed by atoms with Gasteiger partial charge in [0.05, 0.1) is 0 Å². The molecule has 2 aromatic carbocycles. The van der Waals surface area contributed by atoms with Crippen LogP contribution in [-0.4, -0.2) is 47.9 Å². The summed E-state index contributed by atoms with van der Waals surface area (Å²) in [7, 11) is 0. The number of hydrogen-bond acceptors (Lipinski definition) is 6. The summed E-state index contributed by atoms with van der Waals surface area (Å²) >= 11 is 0. The minimum absolute atomic E-state index is 0.0321. The van der Waals surface area contributed by atoms with Gasteiger partial charge in [-0.1, -0.05) is 81.4 Å². The molecule has 41 heavy (non-hydrogen) atoms. The van der Waals surface area contributed by atoms with Gasteiger partial charge in [0, 0.05) is 12.6 Å². The van der Waals surface area contributed by atoms with Crippen LogP contribution in [0.1, 0.15) is 103 Å². The van der Waals surface area contributed by atoms with Crippen molar-refractivity contribution in [1.82, 2.24) is 4.90 Å². The highest BCUT2D eigenvalue weighted by atomic mass is 16.6. The Kier molecular flexibility index (Phi) is 13.3. The van der Waals surface area contributed by atoms with E-state index >= 15 is 0 Å². The van der Waals surface area contributed by atoms with Crippen LogP contribution in [-0.2, 0) is 23.9 Å². The van der Waals surface area contributed by atoms with Crippen molar-refractivity contribution in [2.24, 2.45) is 5.41 Å². The zero-order chi connectivity index (χ0) is 30.5. The fourth-order valence-electron chi connectivity index (χ4n) is 5.73. The third kappa shape index (κ3) is 11.5. The summed E-state index contributed by atoms with van der Waals surface area (Å²) in [6, 6.07) is 21.3. The van der Waals surface area contributed by atoms with Gasteiger partial charge in [0.15, 0.2) is 0 Å². The number of carbonyl (C=O) groups excluding carboxylic acids is 4. The first-order chi connectivity index (χ1) is 19.4. The van der Waals surface area contributed by atoms with E-state index in [9.17, 15) is 9.59 Å². The van der Waals surface area contributed by atoms with Crippen molar-refractivity contribution < 1.29 is 28.7 Å². The normalized spacial score (nSPS) is 22.4. The zero-order valence-electron chi connectivity index (χ0n) is 25.5. The van der Waals surface area contributed by atoms with E-state index in [2.05, 4.69) is 75.4 Å². The quantitative estimate of drug-likeness (QED) is 0.356. The Balaban J connectivity index is 0.000000280. The summed E-state index contributed by atoms with van der Waals surface area (Å²) in [5, 5.41) is 0. The van der Waals surface area contributed by atoms with E-state index < -0.39 is 5.60 Å². The molecule has 4 rings (SSSR count). The third-order valence-corrected chi connectivity index (χ3v) is 7.65. The summed E-state index contributed by atoms with van der Waals surface area (Å²) in [6.07, 6.45) is 6.54. The van der Waals surface area contributed by atoms with Crippen LogP contribution in [0.2, 0.25) is 0 Å². The van der Waals surface area contributed by atoms with Crippen molar-refractivity contribution in [3.63, 3.8) is 0 Å². The Morgan fingerprint density at radius 2 is 1.34 bits per heavy atom. The number of ether oxygens (including phenoxy) is 2. The highest BCUT2D eigenvalue weighted by molar-refractivity contribution is 5.69. The molecule has 1 amide bonds. The van der Waals surface area contributed by atoms with Gasteiger partial charge in [0.1, 0.15) is 11.7 Å². The molecule has 1 saturated carbocycles. The Labute approximate surface area is 245 Å². The maximum atomic E-state index is 12.6. The molecule has 1 saturated heterocycles. The zero-order valence-corrected chi connectivity index (χ0v) is 25.5. The van der Waals surface area contributed by atoms with Crippen LogP contribution < -0.4 is 0 Å². The van der Waals surface area contributed by atoms with Gasteiger partial charge >= 0.3 is 12.2 Å². The molecule has 0 N–H and O–H groups in total. The van der Waals surface area contributed by atoms with Crippen LogP contribution in [0.25, 0.3) is 0 Å². The first-order valence-corrected chi connectivity index (χ1v) is 14.6. The summed E-state index contributed by atoms with van der Waals surface area (Å²) in [6.45, 7) is 13.7. The largest absolute Gasteiger partial charge is 0.465 e. The monoisotopic (exact) mass is 565 g/mol. The number of nitrogens with zero attached hydrogens (tertiary/aromatic N) is 1. The second-order valence-electron chi connectivity index (χ2n) is 12.9. The Hall–Kier alpha value is -3.44. The number of hydrogen-bond donors (Lipinski definition) is 0. The van der Waals surface area contributed by atoms with Gasteiger partial charge in [-0.25, -0.2) is 4.79 Å². The fourth-order valence-corrected chi connectivity index (χ4v) is 5.73. The smallest absolute Gasteiger partial charge is 0.410 e. The SMILES string of the molecule is CC(C)(C)OC(=O)N1CC[C@H](c2ccccc2)C[C@@H]1C(C)(C)C.O=C=O.O=CO[C@@H]1CCC[C@H](c2ccccc2)C1. The van der Waals surface area contributed by atoms with Gasteiger partial charge in [-0.3, -0.25) is 4.79 Å². The van der Waals surface area contributed by atoms with Crippen molar-refractivity contribution in [2.45, 2.75) is 110 Å². The average Bonchev–Trinajstić information content (AvgIpc) is 2.93. The van der Waals surface area contributed by atoms with Gasteiger partial charge in [0.2, 0.25) is 0 Å². The van der Waals surface area contributed by atoms with Gasteiger partial charge in [-0.05, 0) is 87.7 Å². The first-order valence-electron chi connectivity index (χ1n) is 14.6.